The summed E-state index contributed by atoms with van der Waals surface area (Å²) in [6.45, 7) is 0. The zero-order valence-corrected chi connectivity index (χ0v) is 11.8. The predicted octanol–water partition coefficient (Wildman–Crippen LogP) is 4.75. The Morgan fingerprint density at radius 3 is 2.36 bits per heavy atom. The molecule has 0 N–H and O–H groups in total. The molecule has 0 atom stereocenters. The van der Waals surface area contributed by atoms with Gasteiger partial charge in [-0.05, 0) is 61.3 Å². The molecule has 0 saturated heterocycles. The van der Waals surface area contributed by atoms with E-state index in [2.05, 4.69) is 4.74 Å². The SMILES string of the molecule is O=C/C=C/C1CCC(c2ccc(OC(F)(F)F)c(F)c2)CC1. The van der Waals surface area contributed by atoms with Crippen LogP contribution in [0.1, 0.15) is 37.2 Å². The molecular weight excluding hydrogens is 300 g/mol. The van der Waals surface area contributed by atoms with Crippen molar-refractivity contribution in [3.8, 4) is 5.75 Å². The summed E-state index contributed by atoms with van der Waals surface area (Å²) in [5, 5.41) is 0. The van der Waals surface area contributed by atoms with Crippen molar-refractivity contribution in [2.24, 2.45) is 5.92 Å². The predicted molar refractivity (Wildman–Crippen MR) is 73.0 cm³/mol. The van der Waals surface area contributed by atoms with Gasteiger partial charge < -0.3 is 4.74 Å². The largest absolute Gasteiger partial charge is 0.573 e. The lowest BCUT2D eigenvalue weighted by molar-refractivity contribution is -0.275. The lowest BCUT2D eigenvalue weighted by atomic mass is 9.78. The van der Waals surface area contributed by atoms with E-state index in [-0.39, 0.29) is 5.92 Å². The number of ether oxygens (including phenoxy) is 1. The second kappa shape index (κ2) is 6.94. The van der Waals surface area contributed by atoms with E-state index < -0.39 is 17.9 Å². The van der Waals surface area contributed by atoms with Crippen molar-refractivity contribution in [3.05, 3.63) is 41.7 Å². The minimum absolute atomic E-state index is 0.121. The molecule has 0 unspecified atom stereocenters. The molecule has 6 heteroatoms. The van der Waals surface area contributed by atoms with Crippen molar-refractivity contribution >= 4 is 6.29 Å². The van der Waals surface area contributed by atoms with Gasteiger partial charge in [0.25, 0.3) is 0 Å². The third kappa shape index (κ3) is 4.58. The van der Waals surface area contributed by atoms with E-state index in [1.807, 2.05) is 6.08 Å². The summed E-state index contributed by atoms with van der Waals surface area (Å²) in [6.07, 6.45) is 2.55. The van der Waals surface area contributed by atoms with Crippen LogP contribution in [0.2, 0.25) is 0 Å². The minimum Gasteiger partial charge on any atom is -0.403 e. The first-order chi connectivity index (χ1) is 10.4. The molecule has 2 nitrogen and oxygen atoms in total. The van der Waals surface area contributed by atoms with Gasteiger partial charge in [-0.1, -0.05) is 12.1 Å². The molecule has 0 heterocycles. The number of allylic oxidation sites excluding steroid dienone is 2. The van der Waals surface area contributed by atoms with Crippen molar-refractivity contribution in [2.45, 2.75) is 38.0 Å². The van der Waals surface area contributed by atoms with Crippen LogP contribution in [-0.4, -0.2) is 12.6 Å². The topological polar surface area (TPSA) is 26.3 Å². The van der Waals surface area contributed by atoms with Gasteiger partial charge in [-0.3, -0.25) is 4.79 Å². The Morgan fingerprint density at radius 2 is 1.82 bits per heavy atom. The van der Waals surface area contributed by atoms with E-state index in [1.54, 1.807) is 0 Å². The normalized spacial score (nSPS) is 22.7. The first kappa shape index (κ1) is 16.5. The van der Waals surface area contributed by atoms with E-state index in [9.17, 15) is 22.4 Å². The van der Waals surface area contributed by atoms with Gasteiger partial charge in [-0.2, -0.15) is 0 Å². The number of benzene rings is 1. The highest BCUT2D eigenvalue weighted by atomic mass is 19.4. The number of halogens is 4. The third-order valence-corrected chi connectivity index (χ3v) is 3.89. The number of carbonyl (C=O) groups excluding carboxylic acids is 1. The lowest BCUT2D eigenvalue weighted by Crippen LogP contribution is -2.18. The van der Waals surface area contributed by atoms with Crippen LogP contribution in [0.5, 0.6) is 5.75 Å². The van der Waals surface area contributed by atoms with E-state index in [0.29, 0.717) is 11.5 Å². The molecule has 120 valence electrons. The van der Waals surface area contributed by atoms with Crippen LogP contribution in [0.25, 0.3) is 0 Å². The van der Waals surface area contributed by atoms with E-state index >= 15 is 0 Å². The summed E-state index contributed by atoms with van der Waals surface area (Å²) >= 11 is 0. The first-order valence-corrected chi connectivity index (χ1v) is 7.06. The summed E-state index contributed by atoms with van der Waals surface area (Å²) in [4.78, 5) is 10.3. The van der Waals surface area contributed by atoms with Crippen LogP contribution >= 0.6 is 0 Å². The number of hydrogen-bond donors (Lipinski definition) is 0. The highest BCUT2D eigenvalue weighted by molar-refractivity contribution is 5.64. The van der Waals surface area contributed by atoms with Gasteiger partial charge in [-0.25, -0.2) is 4.39 Å². The average Bonchev–Trinajstić information content (AvgIpc) is 2.46. The Kier molecular flexibility index (Phi) is 5.21. The van der Waals surface area contributed by atoms with Crippen LogP contribution in [0.3, 0.4) is 0 Å². The number of hydrogen-bond acceptors (Lipinski definition) is 2. The maximum Gasteiger partial charge on any atom is 0.573 e. The Hall–Kier alpha value is -1.85. The molecule has 1 saturated carbocycles. The minimum atomic E-state index is -4.90. The molecule has 1 aliphatic rings. The van der Waals surface area contributed by atoms with Crippen molar-refractivity contribution < 1.29 is 27.1 Å². The number of aldehydes is 1. The average molecular weight is 316 g/mol. The fourth-order valence-corrected chi connectivity index (χ4v) is 2.83. The van der Waals surface area contributed by atoms with Gasteiger partial charge in [0.2, 0.25) is 0 Å². The summed E-state index contributed by atoms with van der Waals surface area (Å²) in [7, 11) is 0. The van der Waals surface area contributed by atoms with Gasteiger partial charge in [-0.15, -0.1) is 13.2 Å². The third-order valence-electron chi connectivity index (χ3n) is 3.89. The van der Waals surface area contributed by atoms with Gasteiger partial charge in [0.05, 0.1) is 0 Å². The standard InChI is InChI=1S/C16H16F4O2/c17-14-10-13(7-8-15(14)22-16(18,19)20)12-5-3-11(4-6-12)2-1-9-21/h1-2,7-12H,3-6H2/b2-1+. The zero-order chi connectivity index (χ0) is 16.2. The maximum atomic E-state index is 13.7. The Morgan fingerprint density at radius 1 is 1.14 bits per heavy atom. The molecule has 0 aliphatic heterocycles. The molecule has 1 aliphatic carbocycles. The second-order valence-electron chi connectivity index (χ2n) is 5.37. The number of alkyl halides is 3. The highest BCUT2D eigenvalue weighted by Gasteiger charge is 2.32. The van der Waals surface area contributed by atoms with E-state index in [0.717, 1.165) is 44.1 Å². The Balaban J connectivity index is 2.01. The van der Waals surface area contributed by atoms with Crippen LogP contribution in [0.15, 0.2) is 30.4 Å². The highest BCUT2D eigenvalue weighted by Crippen LogP contribution is 2.37. The second-order valence-corrected chi connectivity index (χ2v) is 5.37. The fourth-order valence-electron chi connectivity index (χ4n) is 2.83. The van der Waals surface area contributed by atoms with Crippen molar-refractivity contribution in [3.63, 3.8) is 0 Å². The molecule has 2 rings (SSSR count). The molecule has 0 radical (unpaired) electrons. The first-order valence-electron chi connectivity index (χ1n) is 7.06. The fraction of sp³-hybridized carbons (Fsp3) is 0.438. The summed E-state index contributed by atoms with van der Waals surface area (Å²) < 4.78 is 53.6. The summed E-state index contributed by atoms with van der Waals surface area (Å²) in [6, 6.07) is 3.63. The van der Waals surface area contributed by atoms with Crippen molar-refractivity contribution in [1.82, 2.24) is 0 Å². The van der Waals surface area contributed by atoms with Gasteiger partial charge >= 0.3 is 6.36 Å². The molecule has 0 aromatic heterocycles. The quantitative estimate of drug-likeness (QED) is 0.455. The Bertz CT molecular complexity index is 544. The van der Waals surface area contributed by atoms with Crippen molar-refractivity contribution in [1.29, 1.82) is 0 Å². The van der Waals surface area contributed by atoms with Gasteiger partial charge in [0.1, 0.15) is 6.29 Å². The lowest BCUT2D eigenvalue weighted by Gasteiger charge is -2.27. The molecule has 1 aromatic carbocycles. The molecule has 22 heavy (non-hydrogen) atoms. The number of carbonyl (C=O) groups is 1. The Labute approximate surface area is 125 Å². The monoisotopic (exact) mass is 316 g/mol. The molecule has 0 spiro atoms. The summed E-state index contributed by atoms with van der Waals surface area (Å²) in [5.74, 6) is -1.36. The molecule has 1 fully saturated rings. The van der Waals surface area contributed by atoms with E-state index in [4.69, 9.17) is 0 Å². The molecule has 1 aromatic rings. The van der Waals surface area contributed by atoms with Crippen molar-refractivity contribution in [2.75, 3.05) is 0 Å². The molecule has 0 amide bonds. The number of rotatable bonds is 4. The molecule has 0 bridgehead atoms. The van der Waals surface area contributed by atoms with Crippen LogP contribution in [-0.2, 0) is 4.79 Å². The molecular formula is C16H16F4O2. The smallest absolute Gasteiger partial charge is 0.403 e. The summed E-state index contributed by atoms with van der Waals surface area (Å²) in [5.41, 5.74) is 0.685. The van der Waals surface area contributed by atoms with Gasteiger partial charge in [0, 0.05) is 0 Å². The van der Waals surface area contributed by atoms with Crippen LogP contribution < -0.4 is 4.74 Å². The van der Waals surface area contributed by atoms with Crippen LogP contribution in [0, 0.1) is 11.7 Å². The van der Waals surface area contributed by atoms with E-state index in [1.165, 1.54) is 12.1 Å². The van der Waals surface area contributed by atoms with Gasteiger partial charge in [0.15, 0.2) is 11.6 Å². The zero-order valence-electron chi connectivity index (χ0n) is 11.8. The van der Waals surface area contributed by atoms with Crippen LogP contribution in [0.4, 0.5) is 17.6 Å². The maximum absolute atomic E-state index is 13.7.